The first-order valence-electron chi connectivity index (χ1n) is 3.08. The summed E-state index contributed by atoms with van der Waals surface area (Å²) in [6.07, 6.45) is 2.04. The third kappa shape index (κ3) is 2.64. The molecule has 1 heterocycles. The fourth-order valence-electron chi connectivity index (χ4n) is 0.819. The lowest BCUT2D eigenvalue weighted by molar-refractivity contribution is -0.0338. The predicted molar refractivity (Wildman–Crippen MR) is 34.9 cm³/mol. The molecule has 0 amide bonds. The second-order valence-electron chi connectivity index (χ2n) is 2.24. The first-order chi connectivity index (χ1) is 4.58. The maximum atomic E-state index is 10.5. The van der Waals surface area contributed by atoms with Crippen LogP contribution in [0.15, 0.2) is 0 Å². The zero-order chi connectivity index (χ0) is 7.61. The molecule has 0 aromatic carbocycles. The number of ether oxygens (including phenoxy) is 1. The van der Waals surface area contributed by atoms with Crippen LogP contribution in [-0.2, 0) is 19.0 Å². The standard InChI is InChI=1S/C5H10O4S/c1-10(6,7)9-5-3-2-4-8-5/h5H,2-4H2,1H3/t5-/m1/s1. The van der Waals surface area contributed by atoms with Crippen LogP contribution in [0, 0.1) is 0 Å². The van der Waals surface area contributed by atoms with Gasteiger partial charge in [-0.15, -0.1) is 0 Å². The smallest absolute Gasteiger partial charge is 0.266 e. The van der Waals surface area contributed by atoms with Gasteiger partial charge in [-0.1, -0.05) is 0 Å². The van der Waals surface area contributed by atoms with E-state index in [1.54, 1.807) is 0 Å². The van der Waals surface area contributed by atoms with Crippen molar-refractivity contribution in [1.82, 2.24) is 0 Å². The molecule has 1 atom stereocenters. The number of hydrogen-bond donors (Lipinski definition) is 0. The summed E-state index contributed by atoms with van der Waals surface area (Å²) in [5.74, 6) is 0. The summed E-state index contributed by atoms with van der Waals surface area (Å²) in [6.45, 7) is 0.597. The van der Waals surface area contributed by atoms with E-state index >= 15 is 0 Å². The molecular weight excluding hydrogens is 156 g/mol. The van der Waals surface area contributed by atoms with E-state index in [-0.39, 0.29) is 0 Å². The minimum absolute atomic E-state index is 0.532. The van der Waals surface area contributed by atoms with Crippen molar-refractivity contribution >= 4 is 10.1 Å². The van der Waals surface area contributed by atoms with Gasteiger partial charge in [0.05, 0.1) is 6.26 Å². The third-order valence-electron chi connectivity index (χ3n) is 1.17. The van der Waals surface area contributed by atoms with Gasteiger partial charge in [0.1, 0.15) is 0 Å². The van der Waals surface area contributed by atoms with E-state index in [0.717, 1.165) is 12.7 Å². The van der Waals surface area contributed by atoms with Crippen molar-refractivity contribution in [1.29, 1.82) is 0 Å². The van der Waals surface area contributed by atoms with Gasteiger partial charge in [-0.3, -0.25) is 0 Å². The lowest BCUT2D eigenvalue weighted by Gasteiger charge is -2.06. The second-order valence-corrected chi connectivity index (χ2v) is 3.84. The topological polar surface area (TPSA) is 52.6 Å². The summed E-state index contributed by atoms with van der Waals surface area (Å²) < 4.78 is 30.4. The third-order valence-corrected chi connectivity index (χ3v) is 1.73. The van der Waals surface area contributed by atoms with Gasteiger partial charge in [0.2, 0.25) is 0 Å². The Balaban J connectivity index is 2.38. The van der Waals surface area contributed by atoms with Crippen molar-refractivity contribution in [3.8, 4) is 0 Å². The van der Waals surface area contributed by atoms with Gasteiger partial charge in [-0.25, -0.2) is 4.18 Å². The van der Waals surface area contributed by atoms with E-state index in [2.05, 4.69) is 4.18 Å². The molecule has 1 saturated heterocycles. The first-order valence-corrected chi connectivity index (χ1v) is 4.89. The van der Waals surface area contributed by atoms with E-state index in [9.17, 15) is 8.42 Å². The fourth-order valence-corrected chi connectivity index (χ4v) is 1.36. The van der Waals surface area contributed by atoms with Gasteiger partial charge in [0.25, 0.3) is 10.1 Å². The van der Waals surface area contributed by atoms with Crippen LogP contribution in [0.4, 0.5) is 0 Å². The molecule has 0 aromatic rings. The zero-order valence-electron chi connectivity index (χ0n) is 5.74. The Morgan fingerprint density at radius 3 is 2.70 bits per heavy atom. The van der Waals surface area contributed by atoms with Crippen molar-refractivity contribution in [3.63, 3.8) is 0 Å². The molecule has 4 nitrogen and oxygen atoms in total. The SMILES string of the molecule is CS(=O)(=O)O[C@@H]1CCCO1. The Morgan fingerprint density at radius 2 is 2.30 bits per heavy atom. The molecule has 5 heteroatoms. The average molecular weight is 166 g/mol. The summed E-state index contributed by atoms with van der Waals surface area (Å²) in [6, 6.07) is 0. The van der Waals surface area contributed by atoms with E-state index in [0.29, 0.717) is 13.0 Å². The van der Waals surface area contributed by atoms with Crippen molar-refractivity contribution in [3.05, 3.63) is 0 Å². The molecule has 0 unspecified atom stereocenters. The predicted octanol–water partition coefficient (Wildman–Crippen LogP) is 0.0991. The summed E-state index contributed by atoms with van der Waals surface area (Å²) in [4.78, 5) is 0. The molecule has 0 aliphatic carbocycles. The van der Waals surface area contributed by atoms with E-state index in [4.69, 9.17) is 4.74 Å². The van der Waals surface area contributed by atoms with E-state index in [1.807, 2.05) is 0 Å². The fraction of sp³-hybridized carbons (Fsp3) is 1.00. The normalized spacial score (nSPS) is 27.1. The van der Waals surface area contributed by atoms with Crippen LogP contribution in [0.3, 0.4) is 0 Å². The maximum absolute atomic E-state index is 10.5. The Bertz CT molecular complexity index is 190. The molecule has 1 rings (SSSR count). The molecule has 0 saturated carbocycles. The van der Waals surface area contributed by atoms with Gasteiger partial charge in [-0.2, -0.15) is 8.42 Å². The number of hydrogen-bond acceptors (Lipinski definition) is 4. The molecule has 1 aliphatic rings. The molecule has 0 radical (unpaired) electrons. The van der Waals surface area contributed by atoms with Crippen LogP contribution in [-0.4, -0.2) is 27.6 Å². The highest BCUT2D eigenvalue weighted by Crippen LogP contribution is 2.14. The second kappa shape index (κ2) is 2.86. The Labute approximate surface area is 60.3 Å². The van der Waals surface area contributed by atoms with Gasteiger partial charge < -0.3 is 4.74 Å². The van der Waals surface area contributed by atoms with E-state index < -0.39 is 16.4 Å². The van der Waals surface area contributed by atoms with Gasteiger partial charge in [0, 0.05) is 13.0 Å². The average Bonchev–Trinajstić information content (AvgIpc) is 2.12. The van der Waals surface area contributed by atoms with Gasteiger partial charge in [-0.05, 0) is 6.42 Å². The highest BCUT2D eigenvalue weighted by atomic mass is 32.2. The van der Waals surface area contributed by atoms with Crippen LogP contribution < -0.4 is 0 Å². The molecule has 0 aromatic heterocycles. The zero-order valence-corrected chi connectivity index (χ0v) is 6.56. The lowest BCUT2D eigenvalue weighted by Crippen LogP contribution is -2.15. The van der Waals surface area contributed by atoms with Crippen molar-refractivity contribution < 1.29 is 17.3 Å². The monoisotopic (exact) mass is 166 g/mol. The Hall–Kier alpha value is -0.130. The van der Waals surface area contributed by atoms with E-state index in [1.165, 1.54) is 0 Å². The largest absolute Gasteiger partial charge is 0.351 e. The maximum Gasteiger partial charge on any atom is 0.266 e. The van der Waals surface area contributed by atoms with Crippen molar-refractivity contribution in [2.24, 2.45) is 0 Å². The van der Waals surface area contributed by atoms with Crippen molar-refractivity contribution in [2.45, 2.75) is 19.1 Å². The quantitative estimate of drug-likeness (QED) is 0.546. The molecule has 0 bridgehead atoms. The Kier molecular flexibility index (Phi) is 2.28. The van der Waals surface area contributed by atoms with Crippen LogP contribution in [0.25, 0.3) is 0 Å². The van der Waals surface area contributed by atoms with Crippen LogP contribution in [0.2, 0.25) is 0 Å². The molecule has 0 N–H and O–H groups in total. The van der Waals surface area contributed by atoms with Gasteiger partial charge >= 0.3 is 0 Å². The molecule has 1 fully saturated rings. The Morgan fingerprint density at radius 1 is 1.60 bits per heavy atom. The highest BCUT2D eigenvalue weighted by Gasteiger charge is 2.20. The van der Waals surface area contributed by atoms with Crippen molar-refractivity contribution in [2.75, 3.05) is 12.9 Å². The molecule has 60 valence electrons. The summed E-state index contributed by atoms with van der Waals surface area (Å²) in [5.41, 5.74) is 0. The number of rotatable bonds is 2. The lowest BCUT2D eigenvalue weighted by atomic mass is 10.4. The summed E-state index contributed by atoms with van der Waals surface area (Å²) >= 11 is 0. The molecule has 10 heavy (non-hydrogen) atoms. The highest BCUT2D eigenvalue weighted by molar-refractivity contribution is 7.86. The minimum atomic E-state index is -3.33. The molecule has 1 aliphatic heterocycles. The first kappa shape index (κ1) is 7.97. The van der Waals surface area contributed by atoms with Crippen LogP contribution in [0.5, 0.6) is 0 Å². The van der Waals surface area contributed by atoms with Crippen LogP contribution >= 0.6 is 0 Å². The summed E-state index contributed by atoms with van der Waals surface area (Å²) in [5, 5.41) is 0. The van der Waals surface area contributed by atoms with Crippen LogP contribution in [0.1, 0.15) is 12.8 Å². The van der Waals surface area contributed by atoms with Gasteiger partial charge in [0.15, 0.2) is 6.29 Å². The molecular formula is C5H10O4S. The minimum Gasteiger partial charge on any atom is -0.351 e. The summed E-state index contributed by atoms with van der Waals surface area (Å²) in [7, 11) is -3.33. The molecule has 0 spiro atoms.